The fourth-order valence-corrected chi connectivity index (χ4v) is 5.49. The van der Waals surface area contributed by atoms with Gasteiger partial charge in [0.15, 0.2) is 17.4 Å². The molecule has 0 bridgehead atoms. The molecule has 1 saturated heterocycles. The van der Waals surface area contributed by atoms with Gasteiger partial charge in [0.05, 0.1) is 6.61 Å². The number of hydrogen-bond donors (Lipinski definition) is 0. The zero-order chi connectivity index (χ0) is 21.9. The van der Waals surface area contributed by atoms with E-state index in [1.54, 1.807) is 13.0 Å². The number of fused-ring (bicyclic) bond motifs is 1. The van der Waals surface area contributed by atoms with Gasteiger partial charge in [0.1, 0.15) is 6.26 Å². The maximum atomic E-state index is 12.2. The van der Waals surface area contributed by atoms with Gasteiger partial charge >= 0.3 is 0 Å². The average Bonchev–Trinajstić information content (AvgIpc) is 3.51. The second-order valence-corrected chi connectivity index (χ2v) is 9.26. The highest BCUT2D eigenvalue weighted by molar-refractivity contribution is 5.90. The number of carbonyl (C=O) groups is 1. The van der Waals surface area contributed by atoms with Gasteiger partial charge in [0, 0.05) is 63.4 Å². The Morgan fingerprint density at radius 2 is 1.97 bits per heavy atom. The monoisotopic (exact) mass is 439 g/mol. The van der Waals surface area contributed by atoms with E-state index in [9.17, 15) is 4.79 Å². The first-order valence-electron chi connectivity index (χ1n) is 12.0. The Balaban J connectivity index is 1.07. The lowest BCUT2D eigenvalue weighted by atomic mass is 9.83. The molecule has 4 heterocycles. The molecule has 2 aromatic rings. The standard InChI is InChI=1S/C24H33N5O3/c1-18(30)29(22-9-17-32-26-22)21-4-2-19(3-5-21)7-11-27-12-14-28(15-13-27)24-23-20(6-10-25-24)8-16-31-23/h6,9-10,17,19,21H,2-5,7-8,11-16H2,1H3. The molecule has 3 aliphatic rings. The summed E-state index contributed by atoms with van der Waals surface area (Å²) in [4.78, 5) is 23.6. The molecule has 8 heteroatoms. The summed E-state index contributed by atoms with van der Waals surface area (Å²) < 4.78 is 10.8. The van der Waals surface area contributed by atoms with Crippen LogP contribution in [0.25, 0.3) is 0 Å². The van der Waals surface area contributed by atoms with Crippen molar-refractivity contribution >= 4 is 17.5 Å². The number of ether oxygens (including phenoxy) is 1. The van der Waals surface area contributed by atoms with Gasteiger partial charge in [-0.1, -0.05) is 5.16 Å². The van der Waals surface area contributed by atoms with Crippen LogP contribution in [-0.4, -0.2) is 66.3 Å². The maximum absolute atomic E-state index is 12.2. The van der Waals surface area contributed by atoms with Crippen LogP contribution in [0.4, 0.5) is 11.6 Å². The lowest BCUT2D eigenvalue weighted by molar-refractivity contribution is -0.117. The molecular formula is C24H33N5O3. The Labute approximate surface area is 189 Å². The summed E-state index contributed by atoms with van der Waals surface area (Å²) in [5.74, 6) is 3.46. The van der Waals surface area contributed by atoms with Gasteiger partial charge in [0.25, 0.3) is 0 Å². The molecule has 0 radical (unpaired) electrons. The Hall–Kier alpha value is -2.61. The summed E-state index contributed by atoms with van der Waals surface area (Å²) in [5, 5.41) is 3.98. The Bertz CT molecular complexity index is 902. The summed E-state index contributed by atoms with van der Waals surface area (Å²) >= 11 is 0. The highest BCUT2D eigenvalue weighted by Gasteiger charge is 2.30. The quantitative estimate of drug-likeness (QED) is 0.684. The van der Waals surface area contributed by atoms with E-state index in [1.165, 1.54) is 31.1 Å². The third-order valence-corrected chi connectivity index (χ3v) is 7.30. The Kier molecular flexibility index (Phi) is 6.30. The molecule has 0 unspecified atom stereocenters. The van der Waals surface area contributed by atoms with Crippen molar-refractivity contribution in [2.75, 3.05) is 49.1 Å². The van der Waals surface area contributed by atoms with Gasteiger partial charge in [-0.3, -0.25) is 14.6 Å². The highest BCUT2D eigenvalue weighted by Crippen LogP contribution is 2.35. The first-order chi connectivity index (χ1) is 15.7. The fourth-order valence-electron chi connectivity index (χ4n) is 5.49. The topological polar surface area (TPSA) is 74.9 Å². The third-order valence-electron chi connectivity index (χ3n) is 7.30. The molecule has 1 saturated carbocycles. The van der Waals surface area contributed by atoms with Gasteiger partial charge in [-0.05, 0) is 50.6 Å². The van der Waals surface area contributed by atoms with Crippen LogP contribution in [0, 0.1) is 5.92 Å². The van der Waals surface area contributed by atoms with E-state index < -0.39 is 0 Å². The van der Waals surface area contributed by atoms with Gasteiger partial charge < -0.3 is 14.2 Å². The summed E-state index contributed by atoms with van der Waals surface area (Å²) in [5.41, 5.74) is 1.29. The molecule has 0 spiro atoms. The number of nitrogens with zero attached hydrogens (tertiary/aromatic N) is 5. The van der Waals surface area contributed by atoms with E-state index >= 15 is 0 Å². The van der Waals surface area contributed by atoms with E-state index in [2.05, 4.69) is 26.0 Å². The first-order valence-corrected chi connectivity index (χ1v) is 12.0. The van der Waals surface area contributed by atoms with Crippen molar-refractivity contribution in [2.45, 2.75) is 51.5 Å². The van der Waals surface area contributed by atoms with Gasteiger partial charge in [-0.15, -0.1) is 0 Å². The molecule has 0 N–H and O–H groups in total. The zero-order valence-electron chi connectivity index (χ0n) is 18.9. The van der Waals surface area contributed by atoms with E-state index in [1.807, 2.05) is 11.1 Å². The van der Waals surface area contributed by atoms with E-state index in [4.69, 9.17) is 9.26 Å². The molecule has 2 aliphatic heterocycles. The van der Waals surface area contributed by atoms with E-state index in [0.29, 0.717) is 5.82 Å². The minimum Gasteiger partial charge on any atom is -0.489 e. The van der Waals surface area contributed by atoms with Crippen molar-refractivity contribution in [1.29, 1.82) is 0 Å². The van der Waals surface area contributed by atoms with E-state index in [0.717, 1.165) is 76.1 Å². The molecular weight excluding hydrogens is 406 g/mol. The minimum absolute atomic E-state index is 0.0455. The molecule has 5 rings (SSSR count). The number of piperazine rings is 1. The number of pyridine rings is 1. The largest absolute Gasteiger partial charge is 0.489 e. The molecule has 0 atom stereocenters. The molecule has 2 aromatic heterocycles. The van der Waals surface area contributed by atoms with Crippen LogP contribution >= 0.6 is 0 Å². The third kappa shape index (κ3) is 4.46. The number of carbonyl (C=O) groups excluding carboxylic acids is 1. The van der Waals surface area contributed by atoms with Crippen molar-refractivity contribution in [1.82, 2.24) is 15.0 Å². The van der Waals surface area contributed by atoms with E-state index in [-0.39, 0.29) is 11.9 Å². The summed E-state index contributed by atoms with van der Waals surface area (Å²) in [7, 11) is 0. The van der Waals surface area contributed by atoms with Gasteiger partial charge in [-0.25, -0.2) is 4.98 Å². The minimum atomic E-state index is 0.0455. The van der Waals surface area contributed by atoms with Crippen LogP contribution in [0.15, 0.2) is 29.1 Å². The van der Waals surface area contributed by atoms with Crippen molar-refractivity contribution in [3.05, 3.63) is 30.2 Å². The number of hydrogen-bond acceptors (Lipinski definition) is 7. The molecule has 0 aromatic carbocycles. The SMILES string of the molecule is CC(=O)N(c1ccon1)C1CCC(CCN2CCN(c3nccc4c3OCC4)CC2)CC1. The molecule has 1 aliphatic carbocycles. The number of aromatic nitrogens is 2. The van der Waals surface area contributed by atoms with Crippen LogP contribution in [0.2, 0.25) is 0 Å². The zero-order valence-corrected chi connectivity index (χ0v) is 18.9. The van der Waals surface area contributed by atoms with Crippen molar-refractivity contribution in [2.24, 2.45) is 5.92 Å². The van der Waals surface area contributed by atoms with Crippen molar-refractivity contribution < 1.29 is 14.1 Å². The predicted octanol–water partition coefficient (Wildman–Crippen LogP) is 3.13. The second-order valence-electron chi connectivity index (χ2n) is 9.26. The van der Waals surface area contributed by atoms with Crippen LogP contribution in [0.1, 0.15) is 44.6 Å². The highest BCUT2D eigenvalue weighted by atomic mass is 16.5. The maximum Gasteiger partial charge on any atom is 0.225 e. The molecule has 1 amide bonds. The number of rotatable bonds is 6. The van der Waals surface area contributed by atoms with Crippen molar-refractivity contribution in [3.63, 3.8) is 0 Å². The molecule has 8 nitrogen and oxygen atoms in total. The van der Waals surface area contributed by atoms with Crippen LogP contribution < -0.4 is 14.5 Å². The number of anilines is 2. The second kappa shape index (κ2) is 9.48. The Morgan fingerprint density at radius 3 is 2.69 bits per heavy atom. The van der Waals surface area contributed by atoms with Crippen LogP contribution in [0.5, 0.6) is 5.75 Å². The molecule has 32 heavy (non-hydrogen) atoms. The lowest BCUT2D eigenvalue weighted by Crippen LogP contribution is -2.47. The number of amides is 1. The van der Waals surface area contributed by atoms with Crippen molar-refractivity contribution in [3.8, 4) is 5.75 Å². The van der Waals surface area contributed by atoms with Crippen LogP contribution in [0.3, 0.4) is 0 Å². The van der Waals surface area contributed by atoms with Crippen LogP contribution in [-0.2, 0) is 11.2 Å². The molecule has 172 valence electrons. The average molecular weight is 440 g/mol. The summed E-state index contributed by atoms with van der Waals surface area (Å²) in [6, 6.07) is 4.09. The fraction of sp³-hybridized carbons (Fsp3) is 0.625. The first kappa shape index (κ1) is 21.2. The molecule has 2 fully saturated rings. The Morgan fingerprint density at radius 1 is 1.16 bits per heavy atom. The normalized spacial score (nSPS) is 23.6. The van der Waals surface area contributed by atoms with Gasteiger partial charge in [-0.2, -0.15) is 0 Å². The van der Waals surface area contributed by atoms with Gasteiger partial charge in [0.2, 0.25) is 5.91 Å². The predicted molar refractivity (Wildman–Crippen MR) is 122 cm³/mol. The summed E-state index contributed by atoms with van der Waals surface area (Å²) in [6.45, 7) is 7.70. The lowest BCUT2D eigenvalue weighted by Gasteiger charge is -2.38. The summed E-state index contributed by atoms with van der Waals surface area (Å²) in [6.07, 6.45) is 10.1. The smallest absolute Gasteiger partial charge is 0.225 e.